The van der Waals surface area contributed by atoms with E-state index in [2.05, 4.69) is 4.90 Å². The summed E-state index contributed by atoms with van der Waals surface area (Å²) in [6.07, 6.45) is 1.49. The molecule has 0 unspecified atom stereocenters. The Hall–Kier alpha value is -2.34. The van der Waals surface area contributed by atoms with Crippen LogP contribution in [-0.2, 0) is 4.74 Å². The van der Waals surface area contributed by atoms with Crippen LogP contribution in [0.1, 0.15) is 0 Å². The first-order chi connectivity index (χ1) is 13.2. The minimum Gasteiger partial charge on any atom is -0.492 e. The fraction of sp³-hybridized carbons (Fsp3) is 0.286. The van der Waals surface area contributed by atoms with E-state index < -0.39 is 0 Å². The first-order valence-electron chi connectivity index (χ1n) is 8.95. The highest BCUT2D eigenvalue weighted by Crippen LogP contribution is 2.24. The van der Waals surface area contributed by atoms with Crippen molar-refractivity contribution in [2.45, 2.75) is 0 Å². The van der Waals surface area contributed by atoms with E-state index in [0.717, 1.165) is 38.4 Å². The maximum absolute atomic E-state index is 12.8. The molecule has 4 rings (SSSR count). The van der Waals surface area contributed by atoms with Crippen molar-refractivity contribution in [2.24, 2.45) is 0 Å². The molecule has 2 aromatic carbocycles. The lowest BCUT2D eigenvalue weighted by Gasteiger charge is -2.26. The van der Waals surface area contributed by atoms with Crippen LogP contribution < -0.4 is 10.2 Å². The van der Waals surface area contributed by atoms with Crippen LogP contribution in [0.4, 0.5) is 0 Å². The van der Waals surface area contributed by atoms with Crippen LogP contribution in [0.15, 0.2) is 57.9 Å². The number of hydrogen-bond donors (Lipinski definition) is 0. The molecule has 1 aromatic heterocycles. The molecule has 1 aliphatic heterocycles. The molecule has 140 valence electrons. The van der Waals surface area contributed by atoms with Gasteiger partial charge in [-0.1, -0.05) is 23.7 Å². The Morgan fingerprint density at radius 3 is 2.63 bits per heavy atom. The van der Waals surface area contributed by atoms with Gasteiger partial charge in [0.15, 0.2) is 5.43 Å². The van der Waals surface area contributed by atoms with Crippen LogP contribution in [0.2, 0.25) is 5.02 Å². The molecule has 0 aliphatic carbocycles. The Morgan fingerprint density at radius 2 is 1.85 bits per heavy atom. The molecule has 1 saturated heterocycles. The summed E-state index contributed by atoms with van der Waals surface area (Å²) < 4.78 is 16.9. The van der Waals surface area contributed by atoms with Crippen molar-refractivity contribution in [2.75, 3.05) is 39.5 Å². The van der Waals surface area contributed by atoms with E-state index >= 15 is 0 Å². The summed E-state index contributed by atoms with van der Waals surface area (Å²) in [7, 11) is 0. The molecule has 5 nitrogen and oxygen atoms in total. The van der Waals surface area contributed by atoms with Gasteiger partial charge in [-0.2, -0.15) is 0 Å². The monoisotopic (exact) mass is 385 g/mol. The minimum absolute atomic E-state index is 0.0709. The van der Waals surface area contributed by atoms with Crippen LogP contribution in [0.25, 0.3) is 22.1 Å². The molecule has 3 aromatic rings. The van der Waals surface area contributed by atoms with Crippen LogP contribution in [0.3, 0.4) is 0 Å². The standard InChI is InChI=1S/C21H20ClNO4/c22-16-3-1-15(2-4-16)19-14-27-20-13-17(5-6-18(20)21(19)24)26-12-9-23-7-10-25-11-8-23/h1-6,13-14H,7-12H2. The van der Waals surface area contributed by atoms with Gasteiger partial charge in [-0.15, -0.1) is 0 Å². The summed E-state index contributed by atoms with van der Waals surface area (Å²) in [5.41, 5.74) is 1.74. The Labute approximate surface area is 162 Å². The van der Waals surface area contributed by atoms with E-state index in [-0.39, 0.29) is 5.43 Å². The van der Waals surface area contributed by atoms with Gasteiger partial charge >= 0.3 is 0 Å². The van der Waals surface area contributed by atoms with Gasteiger partial charge < -0.3 is 13.9 Å². The molecule has 0 atom stereocenters. The lowest BCUT2D eigenvalue weighted by Crippen LogP contribution is -2.38. The van der Waals surface area contributed by atoms with Crippen LogP contribution in [-0.4, -0.2) is 44.4 Å². The summed E-state index contributed by atoms with van der Waals surface area (Å²) in [4.78, 5) is 15.1. The predicted molar refractivity (Wildman–Crippen MR) is 106 cm³/mol. The average Bonchev–Trinajstić information content (AvgIpc) is 2.70. The lowest BCUT2D eigenvalue weighted by atomic mass is 10.1. The maximum Gasteiger partial charge on any atom is 0.200 e. The summed E-state index contributed by atoms with van der Waals surface area (Å²) in [5.74, 6) is 0.693. The Morgan fingerprint density at radius 1 is 1.07 bits per heavy atom. The van der Waals surface area contributed by atoms with Crippen molar-refractivity contribution in [3.05, 3.63) is 64.0 Å². The fourth-order valence-corrected chi connectivity index (χ4v) is 3.27. The third-order valence-corrected chi connectivity index (χ3v) is 4.93. The summed E-state index contributed by atoms with van der Waals surface area (Å²) in [6, 6.07) is 12.5. The van der Waals surface area contributed by atoms with E-state index in [1.165, 1.54) is 6.26 Å². The van der Waals surface area contributed by atoms with Crippen molar-refractivity contribution < 1.29 is 13.9 Å². The molecule has 2 heterocycles. The third-order valence-electron chi connectivity index (χ3n) is 4.68. The zero-order valence-corrected chi connectivity index (χ0v) is 15.6. The SMILES string of the molecule is O=c1c(-c2ccc(Cl)cc2)coc2cc(OCCN3CCOCC3)ccc12. The normalized spacial score (nSPS) is 15.1. The van der Waals surface area contributed by atoms with Crippen LogP contribution in [0, 0.1) is 0 Å². The Bertz CT molecular complexity index is 978. The largest absolute Gasteiger partial charge is 0.492 e. The molecule has 0 saturated carbocycles. The molecule has 0 bridgehead atoms. The highest BCUT2D eigenvalue weighted by atomic mass is 35.5. The number of morpholine rings is 1. The van der Waals surface area contributed by atoms with E-state index in [9.17, 15) is 4.79 Å². The van der Waals surface area contributed by atoms with Crippen molar-refractivity contribution in [1.82, 2.24) is 4.90 Å². The van der Waals surface area contributed by atoms with E-state index in [0.29, 0.717) is 33.9 Å². The van der Waals surface area contributed by atoms with Gasteiger partial charge in [0.05, 0.1) is 24.2 Å². The second-order valence-electron chi connectivity index (χ2n) is 6.45. The van der Waals surface area contributed by atoms with E-state index in [4.69, 9.17) is 25.5 Å². The zero-order valence-electron chi connectivity index (χ0n) is 14.8. The summed E-state index contributed by atoms with van der Waals surface area (Å²) >= 11 is 5.92. The van der Waals surface area contributed by atoms with Crippen molar-refractivity contribution >= 4 is 22.6 Å². The number of benzene rings is 2. The maximum atomic E-state index is 12.8. The Kier molecular flexibility index (Phi) is 5.43. The Balaban J connectivity index is 1.50. The highest BCUT2D eigenvalue weighted by Gasteiger charge is 2.12. The molecule has 1 fully saturated rings. The second kappa shape index (κ2) is 8.13. The van der Waals surface area contributed by atoms with Crippen molar-refractivity contribution in [3.8, 4) is 16.9 Å². The smallest absolute Gasteiger partial charge is 0.200 e. The van der Waals surface area contributed by atoms with Gasteiger partial charge in [-0.05, 0) is 29.8 Å². The van der Waals surface area contributed by atoms with Gasteiger partial charge in [0.2, 0.25) is 0 Å². The number of halogens is 1. The average molecular weight is 386 g/mol. The van der Waals surface area contributed by atoms with Gasteiger partial charge in [0, 0.05) is 30.7 Å². The number of nitrogens with zero attached hydrogens (tertiary/aromatic N) is 1. The third kappa shape index (κ3) is 4.16. The van der Waals surface area contributed by atoms with Gasteiger partial charge in [-0.3, -0.25) is 9.69 Å². The summed E-state index contributed by atoms with van der Waals surface area (Å²) in [6.45, 7) is 4.85. The topological polar surface area (TPSA) is 51.9 Å². The minimum atomic E-state index is -0.0709. The number of rotatable bonds is 5. The molecule has 0 spiro atoms. The second-order valence-corrected chi connectivity index (χ2v) is 6.88. The highest BCUT2D eigenvalue weighted by molar-refractivity contribution is 6.30. The molecule has 1 aliphatic rings. The van der Waals surface area contributed by atoms with Crippen LogP contribution >= 0.6 is 11.6 Å². The van der Waals surface area contributed by atoms with Gasteiger partial charge in [-0.25, -0.2) is 0 Å². The number of hydrogen-bond acceptors (Lipinski definition) is 5. The first kappa shape index (κ1) is 18.0. The van der Waals surface area contributed by atoms with E-state index in [1.54, 1.807) is 24.3 Å². The lowest BCUT2D eigenvalue weighted by molar-refractivity contribution is 0.0322. The molecular formula is C21H20ClNO4. The predicted octanol–water partition coefficient (Wildman–Crippen LogP) is 3.82. The molecule has 0 amide bonds. The number of fused-ring (bicyclic) bond motifs is 1. The zero-order chi connectivity index (χ0) is 18.6. The fourth-order valence-electron chi connectivity index (χ4n) is 3.14. The molecular weight excluding hydrogens is 366 g/mol. The van der Waals surface area contributed by atoms with Gasteiger partial charge in [0.1, 0.15) is 24.2 Å². The molecule has 27 heavy (non-hydrogen) atoms. The number of ether oxygens (including phenoxy) is 2. The quantitative estimate of drug-likeness (QED) is 0.668. The molecule has 6 heteroatoms. The van der Waals surface area contributed by atoms with Crippen molar-refractivity contribution in [1.29, 1.82) is 0 Å². The molecule has 0 N–H and O–H groups in total. The van der Waals surface area contributed by atoms with E-state index in [1.807, 2.05) is 18.2 Å². The summed E-state index contributed by atoms with van der Waals surface area (Å²) in [5, 5.41) is 1.16. The molecule has 0 radical (unpaired) electrons. The first-order valence-corrected chi connectivity index (χ1v) is 9.33. The van der Waals surface area contributed by atoms with Crippen LogP contribution in [0.5, 0.6) is 5.75 Å². The van der Waals surface area contributed by atoms with Crippen molar-refractivity contribution in [3.63, 3.8) is 0 Å². The van der Waals surface area contributed by atoms with Gasteiger partial charge in [0.25, 0.3) is 0 Å².